The second-order valence-electron chi connectivity index (χ2n) is 7.03. The Morgan fingerprint density at radius 3 is 1.78 bits per heavy atom. The van der Waals surface area contributed by atoms with E-state index in [1.807, 2.05) is 7.05 Å². The number of rotatable bonds is 3. The van der Waals surface area contributed by atoms with Crippen LogP contribution in [0.5, 0.6) is 0 Å². The highest BCUT2D eigenvalue weighted by Gasteiger charge is 2.51. The number of hydrogen-bond donors (Lipinski definition) is 0. The zero-order valence-electron chi connectivity index (χ0n) is 11.7. The van der Waals surface area contributed by atoms with Gasteiger partial charge < -0.3 is 0 Å². The average molecular weight is 271 g/mol. The molecule has 0 radical (unpaired) electrons. The molecule has 0 aromatic rings. The van der Waals surface area contributed by atoms with E-state index in [2.05, 4.69) is 0 Å². The lowest BCUT2D eigenvalue weighted by molar-refractivity contribution is -0.0352. The summed E-state index contributed by atoms with van der Waals surface area (Å²) in [5.41, 5.74) is 0. The first kappa shape index (κ1) is 12.9. The molecule has 4 saturated carbocycles. The molecule has 0 heterocycles. The van der Waals surface area contributed by atoms with Crippen molar-refractivity contribution in [2.24, 2.45) is 23.7 Å². The Morgan fingerprint density at radius 2 is 1.39 bits per heavy atom. The molecule has 18 heavy (non-hydrogen) atoms. The Kier molecular flexibility index (Phi) is 3.02. The molecule has 4 heteroatoms. The van der Waals surface area contributed by atoms with Crippen LogP contribution in [0.2, 0.25) is 0 Å². The van der Waals surface area contributed by atoms with Gasteiger partial charge in [0.15, 0.2) is 0 Å². The summed E-state index contributed by atoms with van der Waals surface area (Å²) in [7, 11) is -1.27. The average Bonchev–Trinajstić information content (AvgIpc) is 2.26. The lowest BCUT2D eigenvalue weighted by atomic mass is 9.54. The van der Waals surface area contributed by atoms with Gasteiger partial charge in [0.05, 0.1) is 5.25 Å². The van der Waals surface area contributed by atoms with Crippen molar-refractivity contribution >= 4 is 10.0 Å². The van der Waals surface area contributed by atoms with Crippen LogP contribution < -0.4 is 0 Å². The third kappa shape index (κ3) is 1.83. The first-order valence-corrected chi connectivity index (χ1v) is 8.86. The fourth-order valence-electron chi connectivity index (χ4n) is 4.99. The predicted octanol–water partition coefficient (Wildman–Crippen LogP) is 2.48. The van der Waals surface area contributed by atoms with Gasteiger partial charge in [-0.2, -0.15) is 0 Å². The van der Waals surface area contributed by atoms with Crippen LogP contribution in [0.3, 0.4) is 0 Å². The molecule has 4 aliphatic carbocycles. The minimum Gasteiger partial charge on any atom is -0.212 e. The molecule has 0 spiro atoms. The summed E-state index contributed by atoms with van der Waals surface area (Å²) in [6.45, 7) is 3.59. The highest BCUT2D eigenvalue weighted by molar-refractivity contribution is 7.89. The highest BCUT2D eigenvalue weighted by atomic mass is 32.2. The van der Waals surface area contributed by atoms with Gasteiger partial charge in [-0.15, -0.1) is 0 Å². The Labute approximate surface area is 111 Å². The molecule has 0 atom stereocenters. The highest BCUT2D eigenvalue weighted by Crippen LogP contribution is 2.55. The summed E-state index contributed by atoms with van der Waals surface area (Å²) in [6.07, 6.45) is 6.51. The smallest absolute Gasteiger partial charge is 0.212 e. The van der Waals surface area contributed by atoms with E-state index in [1.54, 1.807) is 18.2 Å². The summed E-state index contributed by atoms with van der Waals surface area (Å²) < 4.78 is 26.5. The second kappa shape index (κ2) is 4.20. The summed E-state index contributed by atoms with van der Waals surface area (Å²) >= 11 is 0. The van der Waals surface area contributed by atoms with Crippen molar-refractivity contribution in [2.75, 3.05) is 7.05 Å². The van der Waals surface area contributed by atoms with E-state index in [0.29, 0.717) is 17.9 Å². The van der Waals surface area contributed by atoms with Crippen molar-refractivity contribution < 1.29 is 8.42 Å². The van der Waals surface area contributed by atoms with E-state index in [-0.39, 0.29) is 5.25 Å². The van der Waals surface area contributed by atoms with Crippen LogP contribution in [-0.4, -0.2) is 31.1 Å². The molecular formula is C14H25NO2S. The van der Waals surface area contributed by atoms with Crippen molar-refractivity contribution in [3.8, 4) is 0 Å². The summed E-state index contributed by atoms with van der Waals surface area (Å²) in [4.78, 5) is 0. The maximum absolute atomic E-state index is 12.4. The van der Waals surface area contributed by atoms with Gasteiger partial charge in [-0.3, -0.25) is 0 Å². The first-order valence-electron chi connectivity index (χ1n) is 7.36. The zero-order chi connectivity index (χ0) is 13.1. The van der Waals surface area contributed by atoms with Gasteiger partial charge in [0.1, 0.15) is 0 Å². The van der Waals surface area contributed by atoms with Gasteiger partial charge in [0, 0.05) is 13.1 Å². The van der Waals surface area contributed by atoms with Crippen molar-refractivity contribution in [1.82, 2.24) is 4.31 Å². The fourth-order valence-corrected chi connectivity index (χ4v) is 6.34. The van der Waals surface area contributed by atoms with Crippen LogP contribution in [0.1, 0.15) is 46.0 Å². The molecule has 0 amide bonds. The minimum absolute atomic E-state index is 0.292. The van der Waals surface area contributed by atoms with E-state index in [1.165, 1.54) is 32.1 Å². The maximum atomic E-state index is 12.4. The van der Waals surface area contributed by atoms with Crippen molar-refractivity contribution in [3.05, 3.63) is 0 Å². The molecule has 0 aliphatic heterocycles. The van der Waals surface area contributed by atoms with Crippen LogP contribution in [0.15, 0.2) is 0 Å². The van der Waals surface area contributed by atoms with E-state index >= 15 is 0 Å². The number of nitrogens with zero attached hydrogens (tertiary/aromatic N) is 1. The SMILES string of the molecule is CC(C)S(=O)(=O)N(C)C1C2CC3CC(C2)CC1C3. The van der Waals surface area contributed by atoms with E-state index in [4.69, 9.17) is 0 Å². The van der Waals surface area contributed by atoms with Crippen LogP contribution >= 0.6 is 0 Å². The van der Waals surface area contributed by atoms with Crippen molar-refractivity contribution in [3.63, 3.8) is 0 Å². The third-order valence-corrected chi connectivity index (χ3v) is 7.83. The molecule has 0 aromatic heterocycles. The lowest BCUT2D eigenvalue weighted by Crippen LogP contribution is -2.57. The van der Waals surface area contributed by atoms with Gasteiger partial charge in [0.25, 0.3) is 0 Å². The standard InChI is InChI=1S/C14H25NO2S/c1-9(2)18(16,17)15(3)14-12-5-10-4-11(7-12)8-13(14)6-10/h9-14H,4-8H2,1-3H3. The van der Waals surface area contributed by atoms with Crippen LogP contribution in [0, 0.1) is 23.7 Å². The van der Waals surface area contributed by atoms with E-state index in [9.17, 15) is 8.42 Å². The minimum atomic E-state index is -3.09. The lowest BCUT2D eigenvalue weighted by Gasteiger charge is -2.56. The van der Waals surface area contributed by atoms with Crippen molar-refractivity contribution in [2.45, 2.75) is 57.2 Å². The monoisotopic (exact) mass is 271 g/mol. The molecule has 3 nitrogen and oxygen atoms in total. The van der Waals surface area contributed by atoms with Gasteiger partial charge in [-0.05, 0) is 69.6 Å². The van der Waals surface area contributed by atoms with Crippen LogP contribution in [-0.2, 0) is 10.0 Å². The summed E-state index contributed by atoms with van der Waals surface area (Å²) in [5.74, 6) is 3.08. The second-order valence-corrected chi connectivity index (χ2v) is 9.58. The molecule has 4 bridgehead atoms. The third-order valence-electron chi connectivity index (χ3n) is 5.59. The first-order chi connectivity index (χ1) is 8.39. The summed E-state index contributed by atoms with van der Waals surface area (Å²) in [6, 6.07) is 0.296. The molecule has 104 valence electrons. The molecule has 4 aliphatic rings. The van der Waals surface area contributed by atoms with Gasteiger partial charge in [-0.1, -0.05) is 0 Å². The molecule has 0 aromatic carbocycles. The molecule has 4 fully saturated rings. The summed E-state index contributed by atoms with van der Waals surface area (Å²) in [5, 5.41) is -0.292. The Balaban J connectivity index is 1.85. The fraction of sp³-hybridized carbons (Fsp3) is 1.00. The van der Waals surface area contributed by atoms with Crippen LogP contribution in [0.25, 0.3) is 0 Å². The largest absolute Gasteiger partial charge is 0.216 e. The number of sulfonamides is 1. The zero-order valence-corrected chi connectivity index (χ0v) is 12.5. The Hall–Kier alpha value is -0.0900. The Bertz CT molecular complexity index is 401. The Morgan fingerprint density at radius 1 is 0.944 bits per heavy atom. The maximum Gasteiger partial charge on any atom is 0.216 e. The quantitative estimate of drug-likeness (QED) is 0.791. The normalized spacial score (nSPS) is 43.1. The molecular weight excluding hydrogens is 246 g/mol. The topological polar surface area (TPSA) is 37.4 Å². The van der Waals surface area contributed by atoms with Gasteiger partial charge >= 0.3 is 0 Å². The van der Waals surface area contributed by atoms with Gasteiger partial charge in [-0.25, -0.2) is 12.7 Å². The van der Waals surface area contributed by atoms with Crippen LogP contribution in [0.4, 0.5) is 0 Å². The van der Waals surface area contributed by atoms with E-state index in [0.717, 1.165) is 11.8 Å². The van der Waals surface area contributed by atoms with Gasteiger partial charge in [0.2, 0.25) is 10.0 Å². The number of hydrogen-bond acceptors (Lipinski definition) is 2. The molecule has 0 saturated heterocycles. The molecule has 0 unspecified atom stereocenters. The molecule has 4 rings (SSSR count). The van der Waals surface area contributed by atoms with E-state index < -0.39 is 10.0 Å². The predicted molar refractivity (Wildman–Crippen MR) is 72.7 cm³/mol. The van der Waals surface area contributed by atoms with Crippen molar-refractivity contribution in [1.29, 1.82) is 0 Å². The molecule has 0 N–H and O–H groups in total.